The van der Waals surface area contributed by atoms with Crippen LogP contribution in [0.3, 0.4) is 0 Å². The number of nitrogens with zero attached hydrogens (tertiary/aromatic N) is 1. The van der Waals surface area contributed by atoms with Gasteiger partial charge in [-0.2, -0.15) is 0 Å². The van der Waals surface area contributed by atoms with Crippen molar-refractivity contribution in [1.29, 1.82) is 0 Å². The van der Waals surface area contributed by atoms with Crippen LogP contribution in [0.25, 0.3) is 0 Å². The second-order valence-corrected chi connectivity index (χ2v) is 6.14. The lowest BCUT2D eigenvalue weighted by atomic mass is 10.0. The van der Waals surface area contributed by atoms with E-state index in [2.05, 4.69) is 55.3 Å². The fourth-order valence-corrected chi connectivity index (χ4v) is 2.81. The SMILES string of the molecule is CCCNCc1ccc(CN2CC(C)C(C)C2)cc1. The number of hydrogen-bond acceptors (Lipinski definition) is 2. The molecule has 1 saturated heterocycles. The van der Waals surface area contributed by atoms with Crippen molar-refractivity contribution in [2.45, 2.75) is 40.3 Å². The third-order valence-electron chi connectivity index (χ3n) is 4.25. The molecule has 2 atom stereocenters. The Kier molecular flexibility index (Phi) is 5.41. The van der Waals surface area contributed by atoms with Crippen LogP contribution in [-0.2, 0) is 13.1 Å². The van der Waals surface area contributed by atoms with Crippen molar-refractivity contribution in [2.75, 3.05) is 19.6 Å². The molecule has 2 heteroatoms. The van der Waals surface area contributed by atoms with Crippen LogP contribution in [-0.4, -0.2) is 24.5 Å². The van der Waals surface area contributed by atoms with Crippen LogP contribution in [0.2, 0.25) is 0 Å². The second-order valence-electron chi connectivity index (χ2n) is 6.14. The van der Waals surface area contributed by atoms with Gasteiger partial charge in [0, 0.05) is 26.2 Å². The minimum atomic E-state index is 0.845. The molecule has 2 nitrogen and oxygen atoms in total. The summed E-state index contributed by atoms with van der Waals surface area (Å²) in [5.74, 6) is 1.69. The lowest BCUT2D eigenvalue weighted by Gasteiger charge is -2.15. The molecule has 1 aliphatic heterocycles. The second kappa shape index (κ2) is 7.06. The van der Waals surface area contributed by atoms with Crippen molar-refractivity contribution in [2.24, 2.45) is 11.8 Å². The molecule has 1 N–H and O–H groups in total. The third-order valence-corrected chi connectivity index (χ3v) is 4.25. The number of rotatable bonds is 6. The first kappa shape index (κ1) is 14.5. The molecule has 1 aromatic carbocycles. The third kappa shape index (κ3) is 4.32. The van der Waals surface area contributed by atoms with Gasteiger partial charge < -0.3 is 5.32 Å². The smallest absolute Gasteiger partial charge is 0.0233 e. The molecule has 0 saturated carbocycles. The van der Waals surface area contributed by atoms with Gasteiger partial charge in [0.1, 0.15) is 0 Å². The Morgan fingerprint density at radius 2 is 1.63 bits per heavy atom. The van der Waals surface area contributed by atoms with Gasteiger partial charge in [0.2, 0.25) is 0 Å². The first-order valence-electron chi connectivity index (χ1n) is 7.70. The molecule has 0 aromatic heterocycles. The Hall–Kier alpha value is -0.860. The normalized spacial score (nSPS) is 23.9. The highest BCUT2D eigenvalue weighted by molar-refractivity contribution is 5.22. The molecule has 2 unspecified atom stereocenters. The minimum Gasteiger partial charge on any atom is -0.313 e. The average Bonchev–Trinajstić information content (AvgIpc) is 2.71. The molecule has 0 aliphatic carbocycles. The van der Waals surface area contributed by atoms with E-state index in [0.29, 0.717) is 0 Å². The van der Waals surface area contributed by atoms with Gasteiger partial charge in [0.25, 0.3) is 0 Å². The molecule has 106 valence electrons. The first-order valence-corrected chi connectivity index (χ1v) is 7.70. The molecular formula is C17H28N2. The lowest BCUT2D eigenvalue weighted by Crippen LogP contribution is -2.20. The predicted molar refractivity (Wildman–Crippen MR) is 82.0 cm³/mol. The Labute approximate surface area is 118 Å². The number of benzene rings is 1. The minimum absolute atomic E-state index is 0.845. The van der Waals surface area contributed by atoms with Crippen molar-refractivity contribution in [3.8, 4) is 0 Å². The summed E-state index contributed by atoms with van der Waals surface area (Å²) < 4.78 is 0. The predicted octanol–water partition coefficient (Wildman–Crippen LogP) is 3.27. The maximum absolute atomic E-state index is 3.45. The largest absolute Gasteiger partial charge is 0.313 e. The fraction of sp³-hybridized carbons (Fsp3) is 0.647. The van der Waals surface area contributed by atoms with Crippen LogP contribution >= 0.6 is 0 Å². The first-order chi connectivity index (χ1) is 9.19. The molecule has 0 radical (unpaired) electrons. The molecule has 1 heterocycles. The van der Waals surface area contributed by atoms with Crippen molar-refractivity contribution in [3.63, 3.8) is 0 Å². The van der Waals surface area contributed by atoms with Gasteiger partial charge in [0.05, 0.1) is 0 Å². The van der Waals surface area contributed by atoms with Crippen LogP contribution in [0.5, 0.6) is 0 Å². The van der Waals surface area contributed by atoms with Crippen molar-refractivity contribution in [3.05, 3.63) is 35.4 Å². The summed E-state index contributed by atoms with van der Waals surface area (Å²) in [5, 5.41) is 3.45. The highest BCUT2D eigenvalue weighted by Gasteiger charge is 2.25. The van der Waals surface area contributed by atoms with E-state index in [1.54, 1.807) is 0 Å². The van der Waals surface area contributed by atoms with E-state index in [1.807, 2.05) is 0 Å². The summed E-state index contributed by atoms with van der Waals surface area (Å²) in [6.45, 7) is 12.6. The van der Waals surface area contributed by atoms with Crippen LogP contribution in [0.1, 0.15) is 38.3 Å². The summed E-state index contributed by atoms with van der Waals surface area (Å²) in [5.41, 5.74) is 2.83. The molecule has 1 fully saturated rings. The van der Waals surface area contributed by atoms with E-state index in [9.17, 15) is 0 Å². The molecule has 0 amide bonds. The van der Waals surface area contributed by atoms with E-state index >= 15 is 0 Å². The quantitative estimate of drug-likeness (QED) is 0.790. The topological polar surface area (TPSA) is 15.3 Å². The van der Waals surface area contributed by atoms with Gasteiger partial charge in [-0.3, -0.25) is 4.90 Å². The summed E-state index contributed by atoms with van der Waals surface area (Å²) in [6.07, 6.45) is 1.20. The van der Waals surface area contributed by atoms with Crippen LogP contribution in [0, 0.1) is 11.8 Å². The molecule has 19 heavy (non-hydrogen) atoms. The standard InChI is InChI=1S/C17H28N2/c1-4-9-18-10-16-5-7-17(8-6-16)13-19-11-14(2)15(3)12-19/h5-8,14-15,18H,4,9-13H2,1-3H3. The zero-order chi connectivity index (χ0) is 13.7. The average molecular weight is 260 g/mol. The van der Waals surface area contributed by atoms with Crippen LogP contribution in [0.4, 0.5) is 0 Å². The maximum Gasteiger partial charge on any atom is 0.0233 e. The number of nitrogens with one attached hydrogen (secondary N) is 1. The van der Waals surface area contributed by atoms with Crippen molar-refractivity contribution in [1.82, 2.24) is 10.2 Å². The molecular weight excluding hydrogens is 232 g/mol. The highest BCUT2D eigenvalue weighted by Crippen LogP contribution is 2.23. The van der Waals surface area contributed by atoms with E-state index in [4.69, 9.17) is 0 Å². The van der Waals surface area contributed by atoms with E-state index in [1.165, 1.54) is 30.6 Å². The van der Waals surface area contributed by atoms with Gasteiger partial charge in [0.15, 0.2) is 0 Å². The van der Waals surface area contributed by atoms with Crippen molar-refractivity contribution < 1.29 is 0 Å². The van der Waals surface area contributed by atoms with Gasteiger partial charge in [-0.25, -0.2) is 0 Å². The molecule has 2 rings (SSSR count). The molecule has 0 bridgehead atoms. The van der Waals surface area contributed by atoms with Gasteiger partial charge >= 0.3 is 0 Å². The fourth-order valence-electron chi connectivity index (χ4n) is 2.81. The Bertz CT molecular complexity index is 361. The summed E-state index contributed by atoms with van der Waals surface area (Å²) in [7, 11) is 0. The van der Waals surface area contributed by atoms with E-state index < -0.39 is 0 Å². The molecule has 1 aromatic rings. The maximum atomic E-state index is 3.45. The van der Waals surface area contributed by atoms with Gasteiger partial charge in [-0.1, -0.05) is 45.0 Å². The van der Waals surface area contributed by atoms with Gasteiger partial charge in [-0.05, 0) is 35.9 Å². The summed E-state index contributed by atoms with van der Waals surface area (Å²) >= 11 is 0. The van der Waals surface area contributed by atoms with Gasteiger partial charge in [-0.15, -0.1) is 0 Å². The highest BCUT2D eigenvalue weighted by atomic mass is 15.1. The van der Waals surface area contributed by atoms with E-state index in [-0.39, 0.29) is 0 Å². The lowest BCUT2D eigenvalue weighted by molar-refractivity contribution is 0.316. The zero-order valence-corrected chi connectivity index (χ0v) is 12.7. The summed E-state index contributed by atoms with van der Waals surface area (Å²) in [6, 6.07) is 9.11. The molecule has 0 spiro atoms. The van der Waals surface area contributed by atoms with Crippen LogP contribution < -0.4 is 5.32 Å². The zero-order valence-electron chi connectivity index (χ0n) is 12.7. The summed E-state index contributed by atoms with van der Waals surface area (Å²) in [4.78, 5) is 2.58. The Balaban J connectivity index is 1.82. The Morgan fingerprint density at radius 1 is 1.05 bits per heavy atom. The van der Waals surface area contributed by atoms with Crippen LogP contribution in [0.15, 0.2) is 24.3 Å². The molecule has 1 aliphatic rings. The van der Waals surface area contributed by atoms with E-state index in [0.717, 1.165) is 31.5 Å². The number of hydrogen-bond donors (Lipinski definition) is 1. The number of likely N-dealkylation sites (tertiary alicyclic amines) is 1. The Morgan fingerprint density at radius 3 is 2.21 bits per heavy atom. The monoisotopic (exact) mass is 260 g/mol. The van der Waals surface area contributed by atoms with Crippen molar-refractivity contribution >= 4 is 0 Å².